The van der Waals surface area contributed by atoms with E-state index in [1.807, 2.05) is 26.0 Å². The summed E-state index contributed by atoms with van der Waals surface area (Å²) < 4.78 is 35.2. The topological polar surface area (TPSA) is 87.6 Å². The number of halogens is 1. The number of nitrogens with zero attached hydrogens (tertiary/aromatic N) is 1. The fraction of sp³-hybridized carbons (Fsp3) is 0.650. The molecule has 1 aliphatic carbocycles. The molecule has 2 N–H and O–H groups in total. The van der Waals surface area contributed by atoms with E-state index in [1.165, 1.54) is 6.26 Å². The summed E-state index contributed by atoms with van der Waals surface area (Å²) in [6.45, 7) is 5.43. The predicted octanol–water partition coefficient (Wildman–Crippen LogP) is 2.89. The summed E-state index contributed by atoms with van der Waals surface area (Å²) >= 11 is 0. The molecule has 0 aliphatic heterocycles. The van der Waals surface area contributed by atoms with Gasteiger partial charge in [0.2, 0.25) is 0 Å². The first-order valence-electron chi connectivity index (χ1n) is 10.0. The average Bonchev–Trinajstić information content (AvgIpc) is 2.67. The first-order chi connectivity index (χ1) is 13.3. The van der Waals surface area contributed by atoms with E-state index in [-0.39, 0.29) is 29.2 Å². The molecule has 0 spiro atoms. The summed E-state index contributed by atoms with van der Waals surface area (Å²) in [4.78, 5) is 5.00. The second-order valence-electron chi connectivity index (χ2n) is 7.23. The van der Waals surface area contributed by atoms with Crippen LogP contribution in [0, 0.1) is 0 Å². The molecule has 0 heterocycles. The molecule has 1 aromatic rings. The standard InChI is InChI=1S/C20H33N3O3S2.HI/c1-4-21-20(23-17-7-6-8-18(15-17)27(24)5-2)22-14-13-16-9-11-19(12-10-16)28(3,25)26;/h9-12,17-18H,4-8,13-15H2,1-3H3,(H2,21,22,23);1H. The van der Waals surface area contributed by atoms with Gasteiger partial charge in [-0.15, -0.1) is 24.0 Å². The Labute approximate surface area is 195 Å². The van der Waals surface area contributed by atoms with Crippen molar-refractivity contribution in [2.24, 2.45) is 4.99 Å². The third-order valence-corrected chi connectivity index (χ3v) is 7.86. The third kappa shape index (κ3) is 8.92. The van der Waals surface area contributed by atoms with Crippen molar-refractivity contribution in [1.82, 2.24) is 10.6 Å². The fourth-order valence-corrected chi connectivity index (χ4v) is 5.44. The van der Waals surface area contributed by atoms with E-state index in [1.54, 1.807) is 12.1 Å². The molecule has 9 heteroatoms. The maximum absolute atomic E-state index is 12.1. The van der Waals surface area contributed by atoms with Crippen molar-refractivity contribution in [3.05, 3.63) is 29.8 Å². The second kappa shape index (κ2) is 12.9. The Balaban J connectivity index is 0.00000420. The number of nitrogens with one attached hydrogen (secondary N) is 2. The Hall–Kier alpha value is -0.680. The summed E-state index contributed by atoms with van der Waals surface area (Å²) in [7, 11) is -3.89. The molecular weight excluding hydrogens is 521 g/mol. The van der Waals surface area contributed by atoms with Gasteiger partial charge >= 0.3 is 0 Å². The van der Waals surface area contributed by atoms with E-state index in [2.05, 4.69) is 15.6 Å². The summed E-state index contributed by atoms with van der Waals surface area (Å²) in [6, 6.07) is 7.29. The van der Waals surface area contributed by atoms with Gasteiger partial charge in [-0.05, 0) is 50.3 Å². The predicted molar refractivity (Wildman–Crippen MR) is 133 cm³/mol. The Morgan fingerprint density at radius 1 is 1.21 bits per heavy atom. The number of hydrogen-bond acceptors (Lipinski definition) is 4. The van der Waals surface area contributed by atoms with Gasteiger partial charge < -0.3 is 10.6 Å². The lowest BCUT2D eigenvalue weighted by Crippen LogP contribution is -2.46. The molecule has 1 aromatic carbocycles. The normalized spacial score (nSPS) is 21.1. The maximum Gasteiger partial charge on any atom is 0.191 e. The van der Waals surface area contributed by atoms with Crippen LogP contribution in [0.1, 0.15) is 45.1 Å². The van der Waals surface area contributed by atoms with E-state index in [9.17, 15) is 12.6 Å². The lowest BCUT2D eigenvalue weighted by atomic mass is 9.95. The molecule has 0 saturated heterocycles. The molecular formula is C20H34IN3O3S2. The maximum atomic E-state index is 12.1. The lowest BCUT2D eigenvalue weighted by Gasteiger charge is -2.30. The zero-order valence-electron chi connectivity index (χ0n) is 17.5. The van der Waals surface area contributed by atoms with Crippen LogP contribution in [0.2, 0.25) is 0 Å². The van der Waals surface area contributed by atoms with Crippen molar-refractivity contribution >= 4 is 50.6 Å². The first-order valence-corrected chi connectivity index (χ1v) is 13.3. The highest BCUT2D eigenvalue weighted by Gasteiger charge is 2.26. The number of aliphatic imine (C=N–C) groups is 1. The number of sulfone groups is 1. The molecule has 1 aliphatic rings. The molecule has 0 radical (unpaired) electrons. The number of guanidine groups is 1. The van der Waals surface area contributed by atoms with Crippen molar-refractivity contribution in [2.45, 2.75) is 62.1 Å². The Bertz CT molecular complexity index is 783. The quantitative estimate of drug-likeness (QED) is 0.293. The minimum absolute atomic E-state index is 0. The fourth-order valence-electron chi connectivity index (χ4n) is 3.46. The van der Waals surface area contributed by atoms with Crippen LogP contribution in [-0.2, 0) is 27.1 Å². The Kier molecular flexibility index (Phi) is 11.7. The lowest BCUT2D eigenvalue weighted by molar-refractivity contribution is 0.413. The first kappa shape index (κ1) is 26.4. The van der Waals surface area contributed by atoms with Gasteiger partial charge in [0.15, 0.2) is 15.8 Å². The molecule has 0 bridgehead atoms. The van der Waals surface area contributed by atoms with Crippen molar-refractivity contribution in [3.63, 3.8) is 0 Å². The van der Waals surface area contributed by atoms with E-state index in [0.29, 0.717) is 17.5 Å². The van der Waals surface area contributed by atoms with E-state index < -0.39 is 20.6 Å². The van der Waals surface area contributed by atoms with E-state index in [0.717, 1.165) is 55.9 Å². The van der Waals surface area contributed by atoms with Gasteiger partial charge in [0, 0.05) is 47.2 Å². The van der Waals surface area contributed by atoms with Crippen molar-refractivity contribution < 1.29 is 12.6 Å². The SMILES string of the molecule is CCNC(=NCCc1ccc(S(C)(=O)=O)cc1)NC1CCCC(S(=O)CC)C1.I. The van der Waals surface area contributed by atoms with Crippen molar-refractivity contribution in [3.8, 4) is 0 Å². The van der Waals surface area contributed by atoms with Gasteiger partial charge in [-0.2, -0.15) is 0 Å². The van der Waals surface area contributed by atoms with Crippen LogP contribution in [0.5, 0.6) is 0 Å². The molecule has 3 unspecified atom stereocenters. The molecule has 29 heavy (non-hydrogen) atoms. The molecule has 3 atom stereocenters. The van der Waals surface area contributed by atoms with Crippen molar-refractivity contribution in [2.75, 3.05) is 25.1 Å². The van der Waals surface area contributed by atoms with Gasteiger partial charge in [0.1, 0.15) is 0 Å². The molecule has 6 nitrogen and oxygen atoms in total. The van der Waals surface area contributed by atoms with Crippen LogP contribution >= 0.6 is 24.0 Å². The molecule has 166 valence electrons. The summed E-state index contributed by atoms with van der Waals surface area (Å²) in [5.74, 6) is 1.52. The minimum atomic E-state index is -3.16. The summed E-state index contributed by atoms with van der Waals surface area (Å²) in [5, 5.41) is 7.08. The van der Waals surface area contributed by atoms with Crippen LogP contribution < -0.4 is 10.6 Å². The third-order valence-electron chi connectivity index (χ3n) is 4.99. The van der Waals surface area contributed by atoms with Gasteiger partial charge in [0.05, 0.1) is 4.90 Å². The van der Waals surface area contributed by atoms with Gasteiger partial charge in [-0.25, -0.2) is 8.42 Å². The van der Waals surface area contributed by atoms with E-state index in [4.69, 9.17) is 0 Å². The van der Waals surface area contributed by atoms with Gasteiger partial charge in [0.25, 0.3) is 0 Å². The number of benzene rings is 1. The molecule has 0 aromatic heterocycles. The highest BCUT2D eigenvalue weighted by molar-refractivity contribution is 14.0. The van der Waals surface area contributed by atoms with Crippen molar-refractivity contribution in [1.29, 1.82) is 0 Å². The highest BCUT2D eigenvalue weighted by atomic mass is 127. The minimum Gasteiger partial charge on any atom is -0.357 e. The Morgan fingerprint density at radius 2 is 1.90 bits per heavy atom. The van der Waals surface area contributed by atoms with Crippen LogP contribution in [0.25, 0.3) is 0 Å². The van der Waals surface area contributed by atoms with Crippen LogP contribution in [0.3, 0.4) is 0 Å². The molecule has 2 rings (SSSR count). The zero-order valence-corrected chi connectivity index (χ0v) is 21.5. The van der Waals surface area contributed by atoms with Crippen LogP contribution in [-0.4, -0.2) is 55.0 Å². The van der Waals surface area contributed by atoms with Crippen LogP contribution in [0.15, 0.2) is 34.2 Å². The second-order valence-corrected chi connectivity index (χ2v) is 11.2. The average molecular weight is 556 g/mol. The molecule has 1 saturated carbocycles. The molecule has 0 amide bonds. The van der Waals surface area contributed by atoms with Gasteiger partial charge in [-0.1, -0.05) is 25.5 Å². The Morgan fingerprint density at radius 3 is 2.48 bits per heavy atom. The smallest absolute Gasteiger partial charge is 0.191 e. The summed E-state index contributed by atoms with van der Waals surface area (Å²) in [6.07, 6.45) is 6.11. The summed E-state index contributed by atoms with van der Waals surface area (Å²) in [5.41, 5.74) is 1.06. The monoisotopic (exact) mass is 555 g/mol. The molecule has 1 fully saturated rings. The highest BCUT2D eigenvalue weighted by Crippen LogP contribution is 2.23. The zero-order chi connectivity index (χ0) is 20.6. The van der Waals surface area contributed by atoms with Crippen LogP contribution in [0.4, 0.5) is 0 Å². The number of rotatable bonds is 8. The number of hydrogen-bond donors (Lipinski definition) is 2. The van der Waals surface area contributed by atoms with E-state index >= 15 is 0 Å². The van der Waals surface area contributed by atoms with Gasteiger partial charge in [-0.3, -0.25) is 9.20 Å². The largest absolute Gasteiger partial charge is 0.357 e.